The normalized spacial score (nSPS) is 15.7. The van der Waals surface area contributed by atoms with E-state index in [2.05, 4.69) is 50.3 Å². The van der Waals surface area contributed by atoms with Crippen LogP contribution in [0.5, 0.6) is 5.75 Å². The van der Waals surface area contributed by atoms with Gasteiger partial charge in [-0.1, -0.05) is 47.1 Å². The SMILES string of the molecule is CCN(CC)C1=NS(=O)(=O)C(SC/C=C(\C)CC/C=C(/C)CCC=C(C)C)=C1c1ccc(OC)cc1. The van der Waals surface area contributed by atoms with Crippen molar-refractivity contribution in [2.24, 2.45) is 4.40 Å². The highest BCUT2D eigenvalue weighted by Gasteiger charge is 2.35. The van der Waals surface area contributed by atoms with E-state index in [1.54, 1.807) is 7.11 Å². The predicted octanol–water partition coefficient (Wildman–Crippen LogP) is 7.60. The van der Waals surface area contributed by atoms with Gasteiger partial charge in [0.2, 0.25) is 0 Å². The Morgan fingerprint density at radius 2 is 1.53 bits per heavy atom. The third-order valence-corrected chi connectivity index (χ3v) is 8.95. The molecule has 0 aromatic heterocycles. The molecule has 0 aliphatic carbocycles. The third kappa shape index (κ3) is 8.70. The highest BCUT2D eigenvalue weighted by molar-refractivity contribution is 8.19. The Balaban J connectivity index is 2.18. The van der Waals surface area contributed by atoms with Gasteiger partial charge in [0, 0.05) is 18.8 Å². The molecule has 1 heterocycles. The van der Waals surface area contributed by atoms with Crippen LogP contribution in [0.2, 0.25) is 0 Å². The van der Waals surface area contributed by atoms with E-state index in [1.165, 1.54) is 28.5 Å². The predicted molar refractivity (Wildman–Crippen MR) is 157 cm³/mol. The lowest BCUT2D eigenvalue weighted by molar-refractivity contribution is 0.415. The van der Waals surface area contributed by atoms with Gasteiger partial charge < -0.3 is 9.64 Å². The van der Waals surface area contributed by atoms with E-state index in [0.717, 1.165) is 37.0 Å². The van der Waals surface area contributed by atoms with Crippen LogP contribution >= 0.6 is 11.8 Å². The van der Waals surface area contributed by atoms with Crippen LogP contribution in [-0.4, -0.2) is 45.1 Å². The fourth-order valence-electron chi connectivity index (χ4n) is 3.91. The van der Waals surface area contributed by atoms with E-state index in [0.29, 0.717) is 34.5 Å². The van der Waals surface area contributed by atoms with Crippen LogP contribution in [0.15, 0.2) is 67.8 Å². The Morgan fingerprint density at radius 1 is 0.944 bits per heavy atom. The smallest absolute Gasteiger partial charge is 0.291 e. The van der Waals surface area contributed by atoms with E-state index in [4.69, 9.17) is 4.74 Å². The lowest BCUT2D eigenvalue weighted by Gasteiger charge is -2.22. The van der Waals surface area contributed by atoms with Crippen LogP contribution < -0.4 is 4.74 Å². The van der Waals surface area contributed by atoms with Gasteiger partial charge in [-0.25, -0.2) is 0 Å². The summed E-state index contributed by atoms with van der Waals surface area (Å²) in [5.74, 6) is 1.85. The van der Waals surface area contributed by atoms with Crippen molar-refractivity contribution in [2.45, 2.75) is 67.2 Å². The van der Waals surface area contributed by atoms with Crippen LogP contribution in [0.4, 0.5) is 0 Å². The Morgan fingerprint density at radius 3 is 2.08 bits per heavy atom. The third-order valence-electron chi connectivity index (χ3n) is 6.08. The number of allylic oxidation sites excluding steroid dienone is 5. The van der Waals surface area contributed by atoms with Gasteiger partial charge in [-0.2, -0.15) is 8.42 Å². The van der Waals surface area contributed by atoms with Gasteiger partial charge in [-0.15, -0.1) is 16.2 Å². The average molecular weight is 531 g/mol. The summed E-state index contributed by atoms with van der Waals surface area (Å²) >= 11 is 1.35. The molecule has 0 bridgehead atoms. The molecule has 0 N–H and O–H groups in total. The molecule has 198 valence electrons. The highest BCUT2D eigenvalue weighted by atomic mass is 32.3. The minimum Gasteiger partial charge on any atom is -0.497 e. The molecule has 36 heavy (non-hydrogen) atoms. The number of hydrogen-bond donors (Lipinski definition) is 0. The Kier molecular flexibility index (Phi) is 12.1. The van der Waals surface area contributed by atoms with Crippen molar-refractivity contribution in [2.75, 3.05) is 26.0 Å². The topological polar surface area (TPSA) is 59.0 Å². The largest absolute Gasteiger partial charge is 0.497 e. The molecule has 0 amide bonds. The summed E-state index contributed by atoms with van der Waals surface area (Å²) in [5.41, 5.74) is 5.57. The molecule has 0 radical (unpaired) electrons. The molecule has 1 aliphatic rings. The van der Waals surface area contributed by atoms with E-state index < -0.39 is 10.0 Å². The number of hydrogen-bond acceptors (Lipinski definition) is 5. The molecule has 0 saturated carbocycles. The summed E-state index contributed by atoms with van der Waals surface area (Å²) in [7, 11) is -2.12. The van der Waals surface area contributed by atoms with Crippen molar-refractivity contribution >= 4 is 33.2 Å². The standard InChI is InChI=1S/C29H42N2O3S2/c1-8-31(9-2)28-27(25-16-18-26(34-7)19-17-25)29(36(32,33)30-28)35-21-20-24(6)15-11-14-23(5)13-10-12-22(3)4/h12,14,16-20H,8-11,13,15,21H2,1-7H3/b23-14-,24-20+. The van der Waals surface area contributed by atoms with Crippen molar-refractivity contribution in [1.29, 1.82) is 0 Å². The first-order chi connectivity index (χ1) is 17.1. The second-order valence-electron chi connectivity index (χ2n) is 9.22. The van der Waals surface area contributed by atoms with E-state index >= 15 is 0 Å². The summed E-state index contributed by atoms with van der Waals surface area (Å²) in [6.07, 6.45) is 10.9. The second kappa shape index (κ2) is 14.5. The Labute approximate surface area is 223 Å². The highest BCUT2D eigenvalue weighted by Crippen LogP contribution is 2.40. The first kappa shape index (κ1) is 30.0. The quantitative estimate of drug-likeness (QED) is 0.246. The maximum atomic E-state index is 13.1. The first-order valence-electron chi connectivity index (χ1n) is 12.7. The maximum Gasteiger partial charge on any atom is 0.291 e. The number of methoxy groups -OCH3 is 1. The van der Waals surface area contributed by atoms with E-state index in [1.807, 2.05) is 43.0 Å². The van der Waals surface area contributed by atoms with Gasteiger partial charge in [-0.05, 0) is 84.9 Å². The van der Waals surface area contributed by atoms with Gasteiger partial charge in [0.15, 0.2) is 5.84 Å². The van der Waals surface area contributed by atoms with Crippen LogP contribution in [0.1, 0.15) is 72.8 Å². The summed E-state index contributed by atoms with van der Waals surface area (Å²) < 4.78 is 36.1. The zero-order valence-electron chi connectivity index (χ0n) is 22.9. The summed E-state index contributed by atoms with van der Waals surface area (Å²) in [4.78, 5) is 2.00. The molecule has 1 aromatic rings. The van der Waals surface area contributed by atoms with Gasteiger partial charge in [0.05, 0.1) is 12.7 Å². The van der Waals surface area contributed by atoms with Crippen molar-refractivity contribution in [3.8, 4) is 5.75 Å². The zero-order chi connectivity index (χ0) is 26.7. The van der Waals surface area contributed by atoms with E-state index in [-0.39, 0.29) is 0 Å². The molecule has 1 aliphatic heterocycles. The fourth-order valence-corrected chi connectivity index (χ4v) is 6.68. The summed E-state index contributed by atoms with van der Waals surface area (Å²) in [6, 6.07) is 7.52. The Bertz CT molecular complexity index is 1130. The number of ether oxygens (including phenoxy) is 1. The van der Waals surface area contributed by atoms with Gasteiger partial charge in [-0.3, -0.25) is 0 Å². The number of amidine groups is 1. The molecule has 0 saturated heterocycles. The van der Waals surface area contributed by atoms with Gasteiger partial charge >= 0.3 is 0 Å². The molecule has 7 heteroatoms. The minimum atomic E-state index is -3.74. The molecule has 0 fully saturated rings. The van der Waals surface area contributed by atoms with Crippen LogP contribution in [-0.2, 0) is 10.0 Å². The monoisotopic (exact) mass is 530 g/mol. The van der Waals surface area contributed by atoms with Gasteiger partial charge in [0.1, 0.15) is 9.99 Å². The summed E-state index contributed by atoms with van der Waals surface area (Å²) in [5, 5.41) is 0. The average Bonchev–Trinajstić information content (AvgIpc) is 3.09. The molecule has 0 atom stereocenters. The maximum absolute atomic E-state index is 13.1. The minimum absolute atomic E-state index is 0.327. The molecule has 0 unspecified atom stereocenters. The van der Waals surface area contributed by atoms with Crippen molar-refractivity contribution in [1.82, 2.24) is 4.90 Å². The second-order valence-corrected chi connectivity index (χ2v) is 12.1. The zero-order valence-corrected chi connectivity index (χ0v) is 24.6. The number of rotatable bonds is 13. The molecular weight excluding hydrogens is 488 g/mol. The first-order valence-corrected chi connectivity index (χ1v) is 15.1. The number of sulfonamides is 1. The van der Waals surface area contributed by atoms with Crippen molar-refractivity contribution < 1.29 is 13.2 Å². The Hall–Kier alpha value is -2.25. The lowest BCUT2D eigenvalue weighted by Crippen LogP contribution is -2.30. The number of nitrogens with zero attached hydrogens (tertiary/aromatic N) is 2. The van der Waals surface area contributed by atoms with Gasteiger partial charge in [0.25, 0.3) is 10.0 Å². The molecule has 1 aromatic carbocycles. The number of thioether (sulfide) groups is 1. The van der Waals surface area contributed by atoms with Crippen LogP contribution in [0.3, 0.4) is 0 Å². The van der Waals surface area contributed by atoms with E-state index in [9.17, 15) is 8.42 Å². The summed E-state index contributed by atoms with van der Waals surface area (Å²) in [6.45, 7) is 14.0. The van der Waals surface area contributed by atoms with Crippen LogP contribution in [0.25, 0.3) is 5.57 Å². The lowest BCUT2D eigenvalue weighted by atomic mass is 10.1. The number of benzene rings is 1. The molecular formula is C29H42N2O3S2. The molecule has 0 spiro atoms. The van der Waals surface area contributed by atoms with Crippen LogP contribution in [0, 0.1) is 0 Å². The van der Waals surface area contributed by atoms with Crippen molar-refractivity contribution in [3.05, 3.63) is 69.0 Å². The fraction of sp³-hybridized carbons (Fsp3) is 0.483. The molecule has 5 nitrogen and oxygen atoms in total. The number of likely N-dealkylation sites (N-methyl/N-ethyl adjacent to an activating group) is 1. The van der Waals surface area contributed by atoms with Crippen molar-refractivity contribution in [3.63, 3.8) is 0 Å². The molecule has 2 rings (SSSR count).